The van der Waals surface area contributed by atoms with Crippen molar-refractivity contribution in [2.45, 2.75) is 12.5 Å². The van der Waals surface area contributed by atoms with E-state index in [2.05, 4.69) is 0 Å². The zero-order valence-electron chi connectivity index (χ0n) is 11.8. The quantitative estimate of drug-likeness (QED) is 0.732. The number of rotatable bonds is 6. The second-order valence-corrected chi connectivity index (χ2v) is 4.82. The number of carbonyl (C=O) groups excluding carboxylic acids is 1. The van der Waals surface area contributed by atoms with Crippen molar-refractivity contribution in [3.8, 4) is 0 Å². The van der Waals surface area contributed by atoms with Gasteiger partial charge in [0.2, 0.25) is 0 Å². The van der Waals surface area contributed by atoms with Crippen LogP contribution < -0.4 is 22.4 Å². The molecule has 0 heterocycles. The lowest BCUT2D eigenvalue weighted by molar-refractivity contribution is -0.136. The average Bonchev–Trinajstić information content (AvgIpc) is 2.54. The molecule has 0 aliphatic heterocycles. The number of hydrogen-bond acceptors (Lipinski definition) is 4. The van der Waals surface area contributed by atoms with Gasteiger partial charge in [-0.1, -0.05) is 60.7 Å². The van der Waals surface area contributed by atoms with Gasteiger partial charge in [-0.2, -0.15) is 0 Å². The van der Waals surface area contributed by atoms with Crippen molar-refractivity contribution in [2.24, 2.45) is 11.5 Å². The van der Waals surface area contributed by atoms with Gasteiger partial charge >= 0.3 is 12.9 Å². The largest absolute Gasteiger partial charge is 0.525 e. The predicted octanol–water partition coefficient (Wildman–Crippen LogP) is 0.0116. The van der Waals surface area contributed by atoms with Gasteiger partial charge in [-0.15, -0.1) is 0 Å². The second kappa shape index (κ2) is 7.62. The van der Waals surface area contributed by atoms with Crippen molar-refractivity contribution in [2.75, 3.05) is 6.54 Å². The van der Waals surface area contributed by atoms with E-state index in [9.17, 15) is 4.79 Å². The molecule has 0 radical (unpaired) electrons. The molecule has 5 heteroatoms. The molecule has 1 unspecified atom stereocenters. The first-order chi connectivity index (χ1) is 10.2. The summed E-state index contributed by atoms with van der Waals surface area (Å²) in [4.78, 5) is 12.1. The molecular weight excluding hydrogens is 263 g/mol. The number of carbonyl (C=O) groups is 1. The lowest BCUT2D eigenvalue weighted by Gasteiger charge is -2.18. The molecule has 2 rings (SSSR count). The fourth-order valence-electron chi connectivity index (χ4n) is 2.09. The Balaban J connectivity index is 2.23. The summed E-state index contributed by atoms with van der Waals surface area (Å²) in [5, 5.41) is 0. The van der Waals surface area contributed by atoms with Gasteiger partial charge in [0.25, 0.3) is 0 Å². The fraction of sp³-hybridized carbons (Fsp3) is 0.188. The average molecular weight is 282 g/mol. The predicted molar refractivity (Wildman–Crippen MR) is 85.6 cm³/mol. The highest BCUT2D eigenvalue weighted by molar-refractivity contribution is 6.81. The molecule has 0 saturated carbocycles. The van der Waals surface area contributed by atoms with Crippen molar-refractivity contribution in [1.82, 2.24) is 0 Å². The Hall–Kier alpha value is -2.11. The molecule has 2 aromatic rings. The van der Waals surface area contributed by atoms with Gasteiger partial charge in [-0.25, -0.2) is 0 Å². The Bertz CT molecular complexity index is 524. The zero-order valence-corrected chi connectivity index (χ0v) is 11.8. The van der Waals surface area contributed by atoms with E-state index in [-0.39, 0.29) is 0 Å². The van der Waals surface area contributed by atoms with Crippen LogP contribution in [0.25, 0.3) is 0 Å². The first-order valence-corrected chi connectivity index (χ1v) is 6.98. The highest BCUT2D eigenvalue weighted by Crippen LogP contribution is 1.98. The topological polar surface area (TPSA) is 78.3 Å². The van der Waals surface area contributed by atoms with Crippen LogP contribution in [-0.2, 0) is 9.45 Å². The molecule has 2 aromatic carbocycles. The summed E-state index contributed by atoms with van der Waals surface area (Å²) in [6.45, 7) is -0.0961. The van der Waals surface area contributed by atoms with E-state index in [4.69, 9.17) is 16.1 Å². The molecule has 0 fully saturated rings. The van der Waals surface area contributed by atoms with Gasteiger partial charge in [-0.05, 0) is 23.9 Å². The number of benzene rings is 2. The summed E-state index contributed by atoms with van der Waals surface area (Å²) in [5.74, 6) is -0.432. The molecule has 0 spiro atoms. The van der Waals surface area contributed by atoms with E-state index < -0.39 is 18.9 Å². The molecule has 1 atom stereocenters. The Morgan fingerprint density at radius 1 is 1.00 bits per heavy atom. The molecule has 0 saturated heterocycles. The molecule has 4 nitrogen and oxygen atoms in total. The van der Waals surface area contributed by atoms with Crippen molar-refractivity contribution < 1.29 is 9.45 Å². The van der Waals surface area contributed by atoms with Crippen LogP contribution in [0, 0.1) is 0 Å². The summed E-state index contributed by atoms with van der Waals surface area (Å²) in [6.07, 6.45) is 0.412. The van der Waals surface area contributed by atoms with Gasteiger partial charge in [-0.3, -0.25) is 4.79 Å². The van der Waals surface area contributed by atoms with Crippen molar-refractivity contribution in [3.05, 3.63) is 60.7 Å². The van der Waals surface area contributed by atoms with Crippen molar-refractivity contribution in [3.63, 3.8) is 0 Å². The van der Waals surface area contributed by atoms with E-state index >= 15 is 0 Å². The highest BCUT2D eigenvalue weighted by atomic mass is 16.5. The standard InChI is InChI=1S/C16H19BN2O2/c18-12-11-15(19)16(20)21-17(13-7-3-1-4-8-13)14-9-5-2-6-10-14/h1-10,15H,11-12,18-19H2. The molecule has 0 amide bonds. The molecule has 21 heavy (non-hydrogen) atoms. The minimum absolute atomic E-state index is 0.359. The third kappa shape index (κ3) is 4.18. The summed E-state index contributed by atoms with van der Waals surface area (Å²) in [5.41, 5.74) is 13.0. The van der Waals surface area contributed by atoms with Gasteiger partial charge in [0.1, 0.15) is 6.04 Å². The number of nitrogens with two attached hydrogens (primary N) is 2. The summed E-state index contributed by atoms with van der Waals surface area (Å²) in [7, 11) is 0. The maximum atomic E-state index is 12.1. The molecule has 0 aromatic heterocycles. The molecular formula is C16H19BN2O2. The van der Waals surface area contributed by atoms with Crippen LogP contribution in [0.4, 0.5) is 0 Å². The summed E-state index contributed by atoms with van der Waals surface area (Å²) < 4.78 is 5.62. The van der Waals surface area contributed by atoms with Crippen LogP contribution in [0.2, 0.25) is 0 Å². The Kier molecular flexibility index (Phi) is 5.55. The lowest BCUT2D eigenvalue weighted by Crippen LogP contribution is -2.49. The first-order valence-electron chi connectivity index (χ1n) is 6.98. The van der Waals surface area contributed by atoms with E-state index in [0.717, 1.165) is 10.9 Å². The fourth-order valence-corrected chi connectivity index (χ4v) is 2.09. The Morgan fingerprint density at radius 2 is 1.48 bits per heavy atom. The Labute approximate surface area is 125 Å². The Morgan fingerprint density at radius 3 is 1.90 bits per heavy atom. The van der Waals surface area contributed by atoms with Crippen LogP contribution in [-0.4, -0.2) is 25.5 Å². The molecule has 108 valence electrons. The molecule has 0 aliphatic carbocycles. The van der Waals surface area contributed by atoms with Gasteiger partial charge in [0, 0.05) is 0 Å². The van der Waals surface area contributed by atoms with Crippen molar-refractivity contribution >= 4 is 23.8 Å². The molecule has 0 aliphatic rings. The van der Waals surface area contributed by atoms with Crippen LogP contribution >= 0.6 is 0 Å². The van der Waals surface area contributed by atoms with Gasteiger partial charge in [0.15, 0.2) is 0 Å². The minimum atomic E-state index is -0.690. The number of hydrogen-bond donors (Lipinski definition) is 2. The maximum Gasteiger partial charge on any atom is 0.429 e. The summed E-state index contributed by atoms with van der Waals surface area (Å²) in [6, 6.07) is 18.5. The lowest BCUT2D eigenvalue weighted by atomic mass is 9.55. The molecule has 0 bridgehead atoms. The van der Waals surface area contributed by atoms with Crippen LogP contribution in [0.5, 0.6) is 0 Å². The van der Waals surface area contributed by atoms with Crippen molar-refractivity contribution in [1.29, 1.82) is 0 Å². The van der Waals surface area contributed by atoms with Crippen LogP contribution in [0.1, 0.15) is 6.42 Å². The normalized spacial score (nSPS) is 11.7. The van der Waals surface area contributed by atoms with Crippen LogP contribution in [0.15, 0.2) is 60.7 Å². The smallest absolute Gasteiger partial charge is 0.429 e. The van der Waals surface area contributed by atoms with Gasteiger partial charge < -0.3 is 16.1 Å². The monoisotopic (exact) mass is 282 g/mol. The highest BCUT2D eigenvalue weighted by Gasteiger charge is 2.27. The van der Waals surface area contributed by atoms with Crippen LogP contribution in [0.3, 0.4) is 0 Å². The molecule has 4 N–H and O–H groups in total. The zero-order chi connectivity index (χ0) is 15.1. The van der Waals surface area contributed by atoms with Gasteiger partial charge in [0.05, 0.1) is 0 Å². The third-order valence-corrected chi connectivity index (χ3v) is 3.22. The third-order valence-electron chi connectivity index (χ3n) is 3.22. The van der Waals surface area contributed by atoms with E-state index in [1.165, 1.54) is 0 Å². The van der Waals surface area contributed by atoms with E-state index in [1.807, 2.05) is 60.7 Å². The maximum absolute atomic E-state index is 12.1. The summed E-state index contributed by atoms with van der Waals surface area (Å²) >= 11 is 0. The van der Waals surface area contributed by atoms with E-state index in [0.29, 0.717) is 13.0 Å². The second-order valence-electron chi connectivity index (χ2n) is 4.82. The SMILES string of the molecule is NCCC(N)C(=O)OB(c1ccccc1)c1ccccc1. The first kappa shape index (κ1) is 15.3. The minimum Gasteiger partial charge on any atom is -0.525 e. The van der Waals surface area contributed by atoms with E-state index in [1.54, 1.807) is 0 Å².